The van der Waals surface area contributed by atoms with E-state index in [4.69, 9.17) is 21.1 Å². The van der Waals surface area contributed by atoms with Crippen LogP contribution in [0.3, 0.4) is 0 Å². The fourth-order valence-corrected chi connectivity index (χ4v) is 4.79. The van der Waals surface area contributed by atoms with E-state index in [1.165, 1.54) is 0 Å². The van der Waals surface area contributed by atoms with Crippen LogP contribution in [0.15, 0.2) is 89.4 Å². The van der Waals surface area contributed by atoms with Crippen molar-refractivity contribution >= 4 is 27.5 Å². The first-order valence-electron chi connectivity index (χ1n) is 12.2. The topological polar surface area (TPSA) is 54.3 Å². The summed E-state index contributed by atoms with van der Waals surface area (Å²) in [5, 5.41) is 13.1. The van der Waals surface area contributed by atoms with E-state index in [0.717, 1.165) is 45.3 Å². The van der Waals surface area contributed by atoms with Gasteiger partial charge in [-0.3, -0.25) is 0 Å². The minimum atomic E-state index is 0.335. The summed E-state index contributed by atoms with van der Waals surface area (Å²) < 4.78 is 13.4. The number of ether oxygens (including phenoxy) is 2. The Balaban J connectivity index is 1.55. The van der Waals surface area contributed by atoms with Crippen molar-refractivity contribution in [1.29, 1.82) is 5.26 Å². The maximum absolute atomic E-state index is 9.20. The van der Waals surface area contributed by atoms with Crippen LogP contribution in [-0.2, 0) is 19.8 Å². The molecule has 37 heavy (non-hydrogen) atoms. The monoisotopic (exact) mass is 574 g/mol. The summed E-state index contributed by atoms with van der Waals surface area (Å²) in [6, 6.07) is 29.7. The Kier molecular flexibility index (Phi) is 9.62. The Morgan fingerprint density at radius 3 is 2.43 bits per heavy atom. The molecule has 0 amide bonds. The fourth-order valence-electron chi connectivity index (χ4n) is 3.94. The zero-order valence-electron chi connectivity index (χ0n) is 20.6. The SMILES string of the molecule is CCCNCc1cc(Cl)c(OCc2cccc(-c3ccccc3)c2Br)cc1OCc1cccc(C#N)c1. The van der Waals surface area contributed by atoms with Crippen molar-refractivity contribution in [3.8, 4) is 28.7 Å². The molecule has 0 aliphatic rings. The minimum Gasteiger partial charge on any atom is -0.488 e. The molecule has 0 aliphatic heterocycles. The van der Waals surface area contributed by atoms with Crippen LogP contribution in [0.4, 0.5) is 0 Å². The maximum Gasteiger partial charge on any atom is 0.142 e. The van der Waals surface area contributed by atoms with Crippen LogP contribution in [0.1, 0.15) is 35.6 Å². The van der Waals surface area contributed by atoms with E-state index in [-0.39, 0.29) is 0 Å². The van der Waals surface area contributed by atoms with Crippen LogP contribution >= 0.6 is 27.5 Å². The number of nitrogens with one attached hydrogen (secondary N) is 1. The van der Waals surface area contributed by atoms with Gasteiger partial charge >= 0.3 is 0 Å². The Hall–Kier alpha value is -3.30. The molecule has 0 spiro atoms. The lowest BCUT2D eigenvalue weighted by Gasteiger charge is -2.17. The average molecular weight is 576 g/mol. The van der Waals surface area contributed by atoms with Crippen LogP contribution in [0, 0.1) is 11.3 Å². The van der Waals surface area contributed by atoms with Gasteiger partial charge in [0.05, 0.1) is 16.7 Å². The number of halogens is 2. The Morgan fingerprint density at radius 1 is 0.865 bits per heavy atom. The second kappa shape index (κ2) is 13.3. The maximum atomic E-state index is 9.20. The van der Waals surface area contributed by atoms with Gasteiger partial charge < -0.3 is 14.8 Å². The molecule has 0 bridgehead atoms. The van der Waals surface area contributed by atoms with Crippen molar-refractivity contribution in [1.82, 2.24) is 5.32 Å². The second-order valence-electron chi connectivity index (χ2n) is 8.60. The van der Waals surface area contributed by atoms with Crippen molar-refractivity contribution in [2.45, 2.75) is 33.1 Å². The molecule has 0 saturated heterocycles. The lowest BCUT2D eigenvalue weighted by Crippen LogP contribution is -2.15. The number of rotatable bonds is 11. The standard InChI is InChI=1S/C31H28BrClN2O2/c1-2-14-35-19-26-16-28(33)30(17-29(26)36-20-23-9-6-8-22(15-23)18-34)37-21-25-12-7-13-27(31(25)32)24-10-4-3-5-11-24/h3-13,15-17,35H,2,14,19-21H2,1H3. The Morgan fingerprint density at radius 2 is 1.65 bits per heavy atom. The Labute approximate surface area is 231 Å². The highest BCUT2D eigenvalue weighted by Gasteiger charge is 2.14. The molecule has 0 saturated carbocycles. The molecule has 0 aromatic heterocycles. The summed E-state index contributed by atoms with van der Waals surface area (Å²) in [4.78, 5) is 0. The molecule has 0 aliphatic carbocycles. The quantitative estimate of drug-likeness (QED) is 0.183. The van der Waals surface area contributed by atoms with Crippen LogP contribution in [0.25, 0.3) is 11.1 Å². The average Bonchev–Trinajstić information content (AvgIpc) is 2.93. The molecule has 0 atom stereocenters. The van der Waals surface area contributed by atoms with Crippen molar-refractivity contribution < 1.29 is 9.47 Å². The molecule has 4 aromatic rings. The second-order valence-corrected chi connectivity index (χ2v) is 9.80. The molecule has 0 unspecified atom stereocenters. The summed E-state index contributed by atoms with van der Waals surface area (Å²) >= 11 is 10.4. The first-order chi connectivity index (χ1) is 18.1. The molecule has 1 N–H and O–H groups in total. The van der Waals surface area contributed by atoms with Gasteiger partial charge in [-0.2, -0.15) is 5.26 Å². The largest absolute Gasteiger partial charge is 0.488 e. The van der Waals surface area contributed by atoms with E-state index in [1.54, 1.807) is 6.07 Å². The molecular formula is C31H28BrClN2O2. The molecule has 4 rings (SSSR count). The van der Waals surface area contributed by atoms with Crippen LogP contribution < -0.4 is 14.8 Å². The number of hydrogen-bond donors (Lipinski definition) is 1. The third-order valence-corrected chi connectivity index (χ3v) is 7.09. The molecule has 0 heterocycles. The summed E-state index contributed by atoms with van der Waals surface area (Å²) in [5.41, 5.74) is 5.74. The third-order valence-electron chi connectivity index (χ3n) is 5.85. The molecule has 0 radical (unpaired) electrons. The third kappa shape index (κ3) is 7.14. The van der Waals surface area contributed by atoms with Gasteiger partial charge in [-0.15, -0.1) is 0 Å². The van der Waals surface area contributed by atoms with Gasteiger partial charge in [-0.25, -0.2) is 0 Å². The highest BCUT2D eigenvalue weighted by molar-refractivity contribution is 9.10. The minimum absolute atomic E-state index is 0.335. The summed E-state index contributed by atoms with van der Waals surface area (Å²) in [6.45, 7) is 4.33. The summed E-state index contributed by atoms with van der Waals surface area (Å²) in [7, 11) is 0. The predicted octanol–water partition coefficient (Wildman–Crippen LogP) is 8.30. The van der Waals surface area contributed by atoms with Gasteiger partial charge in [0.25, 0.3) is 0 Å². The van der Waals surface area contributed by atoms with E-state index in [2.05, 4.69) is 52.4 Å². The van der Waals surface area contributed by atoms with Crippen molar-refractivity contribution in [3.63, 3.8) is 0 Å². The molecule has 188 valence electrons. The van der Waals surface area contributed by atoms with Gasteiger partial charge in [0.15, 0.2) is 0 Å². The Bertz CT molecular complexity index is 1390. The van der Waals surface area contributed by atoms with Gasteiger partial charge in [0, 0.05) is 28.2 Å². The lowest BCUT2D eigenvalue weighted by atomic mass is 10.0. The number of nitriles is 1. The number of benzene rings is 4. The molecular weight excluding hydrogens is 548 g/mol. The van der Waals surface area contributed by atoms with Gasteiger partial charge in [-0.1, -0.05) is 79.2 Å². The highest BCUT2D eigenvalue weighted by Crippen LogP contribution is 2.36. The zero-order chi connectivity index (χ0) is 26.0. The first-order valence-corrected chi connectivity index (χ1v) is 13.4. The van der Waals surface area contributed by atoms with E-state index in [0.29, 0.717) is 41.8 Å². The number of hydrogen-bond acceptors (Lipinski definition) is 4. The molecule has 6 heteroatoms. The fraction of sp³-hybridized carbons (Fsp3) is 0.194. The van der Waals surface area contributed by atoms with Crippen LogP contribution in [-0.4, -0.2) is 6.54 Å². The van der Waals surface area contributed by atoms with E-state index in [1.807, 2.05) is 60.7 Å². The number of nitrogens with zero attached hydrogens (tertiary/aromatic N) is 1. The smallest absolute Gasteiger partial charge is 0.142 e. The molecule has 4 nitrogen and oxygen atoms in total. The summed E-state index contributed by atoms with van der Waals surface area (Å²) in [5.74, 6) is 1.25. The first kappa shape index (κ1) is 26.8. The van der Waals surface area contributed by atoms with Gasteiger partial charge in [0.1, 0.15) is 24.7 Å². The highest BCUT2D eigenvalue weighted by atomic mass is 79.9. The summed E-state index contributed by atoms with van der Waals surface area (Å²) in [6.07, 6.45) is 1.03. The van der Waals surface area contributed by atoms with Crippen molar-refractivity contribution in [3.05, 3.63) is 117 Å². The van der Waals surface area contributed by atoms with Crippen LogP contribution in [0.2, 0.25) is 5.02 Å². The lowest BCUT2D eigenvalue weighted by molar-refractivity contribution is 0.287. The van der Waals surface area contributed by atoms with E-state index >= 15 is 0 Å². The van der Waals surface area contributed by atoms with Gasteiger partial charge in [0.2, 0.25) is 0 Å². The predicted molar refractivity (Wildman–Crippen MR) is 153 cm³/mol. The van der Waals surface area contributed by atoms with E-state index < -0.39 is 0 Å². The normalized spacial score (nSPS) is 10.6. The van der Waals surface area contributed by atoms with Gasteiger partial charge in [-0.05, 0) is 63.8 Å². The molecule has 0 fully saturated rings. The zero-order valence-corrected chi connectivity index (χ0v) is 23.0. The molecule has 4 aromatic carbocycles. The van der Waals surface area contributed by atoms with Crippen molar-refractivity contribution in [2.24, 2.45) is 0 Å². The van der Waals surface area contributed by atoms with Crippen LogP contribution in [0.5, 0.6) is 11.5 Å². The van der Waals surface area contributed by atoms with Crippen molar-refractivity contribution in [2.75, 3.05) is 6.54 Å². The van der Waals surface area contributed by atoms with E-state index in [9.17, 15) is 5.26 Å².